The van der Waals surface area contributed by atoms with Crippen LogP contribution in [0.4, 0.5) is 5.69 Å². The van der Waals surface area contributed by atoms with Gasteiger partial charge < -0.3 is 24.8 Å². The zero-order chi connectivity index (χ0) is 22.5. The van der Waals surface area contributed by atoms with Crippen LogP contribution in [0.3, 0.4) is 0 Å². The van der Waals surface area contributed by atoms with Gasteiger partial charge in [-0.3, -0.25) is 14.4 Å². The Morgan fingerprint density at radius 1 is 1.00 bits per heavy atom. The highest BCUT2D eigenvalue weighted by Crippen LogP contribution is 2.15. The molecule has 0 heterocycles. The first-order valence-corrected chi connectivity index (χ1v) is 9.28. The third-order valence-electron chi connectivity index (χ3n) is 3.78. The molecule has 0 radical (unpaired) electrons. The second-order valence-electron chi connectivity index (χ2n) is 6.09. The Bertz CT molecular complexity index is 914. The fourth-order valence-corrected chi connectivity index (χ4v) is 2.27. The lowest BCUT2D eigenvalue weighted by Gasteiger charge is -2.08. The number of hydrazone groups is 1. The molecule has 10 heteroatoms. The van der Waals surface area contributed by atoms with E-state index in [4.69, 9.17) is 14.2 Å². The number of anilines is 1. The molecule has 0 saturated heterocycles. The van der Waals surface area contributed by atoms with Crippen molar-refractivity contribution >= 4 is 29.6 Å². The van der Waals surface area contributed by atoms with Gasteiger partial charge in [-0.2, -0.15) is 5.10 Å². The molecule has 3 amide bonds. The van der Waals surface area contributed by atoms with Crippen LogP contribution in [0.2, 0.25) is 0 Å². The molecule has 2 aromatic rings. The van der Waals surface area contributed by atoms with E-state index in [1.807, 2.05) is 0 Å². The molecule has 2 rings (SSSR count). The van der Waals surface area contributed by atoms with Crippen molar-refractivity contribution in [1.29, 1.82) is 0 Å². The summed E-state index contributed by atoms with van der Waals surface area (Å²) in [5.41, 5.74) is 3.35. The number of hydrogen-bond donors (Lipinski definition) is 3. The maximum Gasteiger partial charge on any atom is 0.329 e. The molecule has 164 valence electrons. The van der Waals surface area contributed by atoms with Gasteiger partial charge in [0.15, 0.2) is 6.61 Å². The summed E-state index contributed by atoms with van der Waals surface area (Å²) in [6.45, 7) is 0.329. The monoisotopic (exact) mass is 428 g/mol. The van der Waals surface area contributed by atoms with Crippen molar-refractivity contribution in [3.05, 3.63) is 54.1 Å². The smallest absolute Gasteiger partial charge is 0.329 e. The van der Waals surface area contributed by atoms with Crippen molar-refractivity contribution in [2.75, 3.05) is 39.3 Å². The van der Waals surface area contributed by atoms with Crippen LogP contribution >= 0.6 is 0 Å². The molecular formula is C21H24N4O6. The van der Waals surface area contributed by atoms with E-state index in [9.17, 15) is 14.4 Å². The molecule has 0 aromatic heterocycles. The van der Waals surface area contributed by atoms with E-state index in [0.29, 0.717) is 29.4 Å². The largest absolute Gasteiger partial charge is 0.497 e. The Kier molecular flexibility index (Phi) is 9.50. The summed E-state index contributed by atoms with van der Waals surface area (Å²) in [5.74, 6) is -0.895. The van der Waals surface area contributed by atoms with Crippen molar-refractivity contribution in [2.24, 2.45) is 5.10 Å². The number of ether oxygens (including phenoxy) is 3. The molecule has 0 unspecified atom stereocenters. The van der Waals surface area contributed by atoms with Crippen LogP contribution in [0.25, 0.3) is 0 Å². The van der Waals surface area contributed by atoms with Crippen LogP contribution in [0.5, 0.6) is 11.5 Å². The lowest BCUT2D eigenvalue weighted by atomic mass is 10.2. The molecular weight excluding hydrogens is 404 g/mol. The minimum absolute atomic E-state index is 0.189. The van der Waals surface area contributed by atoms with Gasteiger partial charge in [-0.1, -0.05) is 12.1 Å². The number of amides is 3. The average molecular weight is 428 g/mol. The molecule has 0 aliphatic rings. The van der Waals surface area contributed by atoms with Crippen LogP contribution in [0.15, 0.2) is 53.6 Å². The van der Waals surface area contributed by atoms with Crippen molar-refractivity contribution < 1.29 is 28.6 Å². The fraction of sp³-hybridized carbons (Fsp3) is 0.238. The second kappa shape index (κ2) is 12.6. The fourth-order valence-electron chi connectivity index (χ4n) is 2.27. The Morgan fingerprint density at radius 2 is 1.77 bits per heavy atom. The number of carbonyl (C=O) groups excluding carboxylic acids is 3. The summed E-state index contributed by atoms with van der Waals surface area (Å²) >= 11 is 0. The molecule has 0 saturated carbocycles. The van der Waals surface area contributed by atoms with Crippen LogP contribution in [0, 0.1) is 0 Å². The van der Waals surface area contributed by atoms with E-state index in [-0.39, 0.29) is 19.1 Å². The summed E-state index contributed by atoms with van der Waals surface area (Å²) in [6.07, 6.45) is 1.35. The van der Waals surface area contributed by atoms with Crippen LogP contribution in [0.1, 0.15) is 5.56 Å². The summed E-state index contributed by atoms with van der Waals surface area (Å²) < 4.78 is 15.3. The Hall–Kier alpha value is -3.92. The van der Waals surface area contributed by atoms with Gasteiger partial charge in [0.2, 0.25) is 0 Å². The van der Waals surface area contributed by atoms with Gasteiger partial charge in [0.25, 0.3) is 5.91 Å². The number of methoxy groups -OCH3 is 2. The van der Waals surface area contributed by atoms with Gasteiger partial charge in [-0.05, 0) is 42.0 Å². The predicted molar refractivity (Wildman–Crippen MR) is 114 cm³/mol. The molecule has 0 spiro atoms. The van der Waals surface area contributed by atoms with Gasteiger partial charge in [-0.15, -0.1) is 0 Å². The van der Waals surface area contributed by atoms with E-state index in [1.54, 1.807) is 55.6 Å². The van der Waals surface area contributed by atoms with E-state index < -0.39 is 11.8 Å². The Morgan fingerprint density at radius 3 is 2.48 bits per heavy atom. The lowest BCUT2D eigenvalue weighted by Crippen LogP contribution is -2.39. The highest BCUT2D eigenvalue weighted by molar-refractivity contribution is 6.35. The van der Waals surface area contributed by atoms with Crippen molar-refractivity contribution in [1.82, 2.24) is 10.7 Å². The minimum atomic E-state index is -0.894. The van der Waals surface area contributed by atoms with Crippen LogP contribution < -0.4 is 25.5 Å². The van der Waals surface area contributed by atoms with Gasteiger partial charge in [0.1, 0.15) is 11.5 Å². The zero-order valence-electron chi connectivity index (χ0n) is 17.2. The molecule has 31 heavy (non-hydrogen) atoms. The minimum Gasteiger partial charge on any atom is -0.497 e. The lowest BCUT2D eigenvalue weighted by molar-refractivity contribution is -0.139. The first-order valence-electron chi connectivity index (χ1n) is 9.28. The predicted octanol–water partition coefficient (Wildman–Crippen LogP) is 0.925. The number of benzene rings is 2. The third kappa shape index (κ3) is 8.54. The number of carbonyl (C=O) groups is 3. The first-order chi connectivity index (χ1) is 15.0. The van der Waals surface area contributed by atoms with Gasteiger partial charge in [-0.25, -0.2) is 5.43 Å². The van der Waals surface area contributed by atoms with Crippen LogP contribution in [-0.2, 0) is 19.1 Å². The number of rotatable bonds is 10. The Balaban J connectivity index is 1.80. The van der Waals surface area contributed by atoms with Gasteiger partial charge >= 0.3 is 11.8 Å². The molecule has 0 aliphatic heterocycles. The van der Waals surface area contributed by atoms with E-state index in [0.717, 1.165) is 0 Å². The number of nitrogens with zero attached hydrogens (tertiary/aromatic N) is 1. The maximum atomic E-state index is 12.0. The molecule has 0 aliphatic carbocycles. The molecule has 0 bridgehead atoms. The molecule has 3 N–H and O–H groups in total. The molecule has 0 fully saturated rings. The summed E-state index contributed by atoms with van der Waals surface area (Å²) in [5, 5.41) is 8.83. The van der Waals surface area contributed by atoms with Crippen molar-refractivity contribution in [2.45, 2.75) is 0 Å². The summed E-state index contributed by atoms with van der Waals surface area (Å²) in [7, 11) is 3.05. The highest BCUT2D eigenvalue weighted by atomic mass is 16.5. The van der Waals surface area contributed by atoms with Crippen molar-refractivity contribution in [3.8, 4) is 11.5 Å². The van der Waals surface area contributed by atoms with Gasteiger partial charge in [0, 0.05) is 19.3 Å². The maximum absolute atomic E-state index is 12.0. The summed E-state index contributed by atoms with van der Waals surface area (Å²) in [4.78, 5) is 35.2. The molecule has 10 nitrogen and oxygen atoms in total. The standard InChI is InChI=1S/C21H24N4O6/c1-29-11-10-22-20(27)21(28)25-23-13-15-4-3-5-18(12-15)31-14-19(26)24-16-6-8-17(30-2)9-7-16/h3-9,12-13H,10-11,14H2,1-2H3,(H,22,27)(H,24,26)(H,25,28)/b23-13-. The van der Waals surface area contributed by atoms with E-state index >= 15 is 0 Å². The van der Waals surface area contributed by atoms with Crippen molar-refractivity contribution in [3.63, 3.8) is 0 Å². The number of hydrogen-bond acceptors (Lipinski definition) is 7. The van der Waals surface area contributed by atoms with E-state index in [2.05, 4.69) is 21.2 Å². The highest BCUT2D eigenvalue weighted by Gasteiger charge is 2.11. The van der Waals surface area contributed by atoms with Crippen LogP contribution in [-0.4, -0.2) is 57.9 Å². The van der Waals surface area contributed by atoms with Gasteiger partial charge in [0.05, 0.1) is 19.9 Å². The topological polar surface area (TPSA) is 127 Å². The first kappa shape index (κ1) is 23.4. The molecule has 0 atom stereocenters. The Labute approximate surface area is 179 Å². The second-order valence-corrected chi connectivity index (χ2v) is 6.09. The average Bonchev–Trinajstić information content (AvgIpc) is 2.78. The molecule has 2 aromatic carbocycles. The SMILES string of the molecule is COCCNC(=O)C(=O)N/N=C\c1cccc(OCC(=O)Nc2ccc(OC)cc2)c1. The summed E-state index contributed by atoms with van der Waals surface area (Å²) in [6, 6.07) is 13.7. The normalized spacial score (nSPS) is 10.4. The number of nitrogens with one attached hydrogen (secondary N) is 3. The third-order valence-corrected chi connectivity index (χ3v) is 3.78. The van der Waals surface area contributed by atoms with E-state index in [1.165, 1.54) is 13.3 Å². The zero-order valence-corrected chi connectivity index (χ0v) is 17.2. The quantitative estimate of drug-likeness (QED) is 0.224.